The second kappa shape index (κ2) is 7.42. The highest BCUT2D eigenvalue weighted by Crippen LogP contribution is 2.28. The number of carbonyl (C=O) groups is 1. The molecule has 1 atom stereocenters. The maximum absolute atomic E-state index is 12.3. The van der Waals surface area contributed by atoms with Gasteiger partial charge in [0.2, 0.25) is 5.91 Å². The third kappa shape index (κ3) is 3.83. The van der Waals surface area contributed by atoms with Gasteiger partial charge in [0.05, 0.1) is 28.5 Å². The van der Waals surface area contributed by atoms with Crippen molar-refractivity contribution in [1.82, 2.24) is 9.88 Å². The van der Waals surface area contributed by atoms with Crippen LogP contribution in [0.15, 0.2) is 53.0 Å². The lowest BCUT2D eigenvalue weighted by Crippen LogP contribution is -2.32. The SMILES string of the molecule is C[C@@H](c1nc2ccccc2s1)N(C)CC(=O)Nc1ccccc1Br. The third-order valence-electron chi connectivity index (χ3n) is 3.87. The first kappa shape index (κ1) is 17.1. The van der Waals surface area contributed by atoms with Crippen molar-refractivity contribution >= 4 is 49.1 Å². The number of hydrogen-bond acceptors (Lipinski definition) is 4. The number of anilines is 1. The second-order valence-electron chi connectivity index (χ2n) is 5.64. The fourth-order valence-electron chi connectivity index (χ4n) is 2.37. The van der Waals surface area contributed by atoms with Crippen LogP contribution in [0.5, 0.6) is 0 Å². The Morgan fingerprint density at radius 3 is 2.71 bits per heavy atom. The van der Waals surface area contributed by atoms with Gasteiger partial charge in [0.25, 0.3) is 0 Å². The topological polar surface area (TPSA) is 45.2 Å². The Labute approximate surface area is 153 Å². The van der Waals surface area contributed by atoms with Crippen LogP contribution in [0.3, 0.4) is 0 Å². The molecule has 0 spiro atoms. The summed E-state index contributed by atoms with van der Waals surface area (Å²) in [6.45, 7) is 2.38. The van der Waals surface area contributed by atoms with Crippen molar-refractivity contribution in [1.29, 1.82) is 0 Å². The standard InChI is InChI=1S/C18H18BrN3OS/c1-12(18-21-15-9-5-6-10-16(15)24-18)22(2)11-17(23)20-14-8-4-3-7-13(14)19/h3-10,12H,11H2,1-2H3,(H,20,23)/t12-/m0/s1. The number of rotatable bonds is 5. The van der Waals surface area contributed by atoms with Gasteiger partial charge in [-0.1, -0.05) is 24.3 Å². The molecule has 124 valence electrons. The molecular weight excluding hydrogens is 386 g/mol. The van der Waals surface area contributed by atoms with Crippen LogP contribution in [0.2, 0.25) is 0 Å². The molecule has 0 fully saturated rings. The van der Waals surface area contributed by atoms with Crippen molar-refractivity contribution in [2.45, 2.75) is 13.0 Å². The monoisotopic (exact) mass is 403 g/mol. The van der Waals surface area contributed by atoms with E-state index in [1.54, 1.807) is 11.3 Å². The number of halogens is 1. The van der Waals surface area contributed by atoms with Gasteiger partial charge in [-0.05, 0) is 54.2 Å². The number of aromatic nitrogens is 1. The zero-order chi connectivity index (χ0) is 17.1. The van der Waals surface area contributed by atoms with E-state index in [9.17, 15) is 4.79 Å². The molecule has 0 aliphatic carbocycles. The number of fused-ring (bicyclic) bond motifs is 1. The van der Waals surface area contributed by atoms with Gasteiger partial charge in [-0.15, -0.1) is 11.3 Å². The van der Waals surface area contributed by atoms with Crippen molar-refractivity contribution in [3.05, 3.63) is 58.0 Å². The fourth-order valence-corrected chi connectivity index (χ4v) is 3.84. The summed E-state index contributed by atoms with van der Waals surface area (Å²) in [6.07, 6.45) is 0. The molecule has 3 rings (SSSR count). The van der Waals surface area contributed by atoms with E-state index in [0.717, 1.165) is 20.7 Å². The third-order valence-corrected chi connectivity index (χ3v) is 5.77. The first-order valence-corrected chi connectivity index (χ1v) is 9.25. The van der Waals surface area contributed by atoms with E-state index in [-0.39, 0.29) is 11.9 Å². The van der Waals surface area contributed by atoms with E-state index in [4.69, 9.17) is 0 Å². The largest absolute Gasteiger partial charge is 0.324 e. The molecule has 0 aliphatic rings. The molecule has 1 aromatic heterocycles. The number of nitrogens with one attached hydrogen (secondary N) is 1. The number of nitrogens with zero attached hydrogens (tertiary/aromatic N) is 2. The molecule has 0 radical (unpaired) electrons. The van der Waals surface area contributed by atoms with Gasteiger partial charge in [0, 0.05) is 4.47 Å². The van der Waals surface area contributed by atoms with Gasteiger partial charge in [-0.2, -0.15) is 0 Å². The average Bonchev–Trinajstić information content (AvgIpc) is 3.00. The van der Waals surface area contributed by atoms with Crippen LogP contribution in [-0.2, 0) is 4.79 Å². The predicted molar refractivity (Wildman–Crippen MR) is 103 cm³/mol. The Balaban J connectivity index is 1.66. The summed E-state index contributed by atoms with van der Waals surface area (Å²) in [5.74, 6) is -0.0441. The number of amides is 1. The molecule has 0 unspecified atom stereocenters. The van der Waals surface area contributed by atoms with Crippen LogP contribution in [0.4, 0.5) is 5.69 Å². The predicted octanol–water partition coefficient (Wildman–Crippen LogP) is 4.69. The van der Waals surface area contributed by atoms with Crippen LogP contribution in [0.25, 0.3) is 10.2 Å². The quantitative estimate of drug-likeness (QED) is 0.671. The van der Waals surface area contributed by atoms with E-state index in [1.807, 2.05) is 54.4 Å². The van der Waals surface area contributed by atoms with Crippen molar-refractivity contribution in [3.8, 4) is 0 Å². The highest BCUT2D eigenvalue weighted by molar-refractivity contribution is 9.10. The van der Waals surface area contributed by atoms with Gasteiger partial charge in [0.15, 0.2) is 0 Å². The molecule has 6 heteroatoms. The number of carbonyl (C=O) groups excluding carboxylic acids is 1. The molecule has 0 aliphatic heterocycles. The fraction of sp³-hybridized carbons (Fsp3) is 0.222. The summed E-state index contributed by atoms with van der Waals surface area (Å²) in [7, 11) is 1.94. The zero-order valence-electron chi connectivity index (χ0n) is 13.5. The van der Waals surface area contributed by atoms with Crippen LogP contribution in [0, 0.1) is 0 Å². The molecule has 24 heavy (non-hydrogen) atoms. The number of benzene rings is 2. The van der Waals surface area contributed by atoms with Crippen LogP contribution < -0.4 is 5.32 Å². The number of thiazole rings is 1. The smallest absolute Gasteiger partial charge is 0.238 e. The van der Waals surface area contributed by atoms with Crippen LogP contribution in [-0.4, -0.2) is 29.4 Å². The molecule has 0 saturated carbocycles. The minimum absolute atomic E-state index is 0.0441. The molecule has 1 N–H and O–H groups in total. The maximum atomic E-state index is 12.3. The van der Waals surface area contributed by atoms with Crippen molar-refractivity contribution in [2.75, 3.05) is 18.9 Å². The van der Waals surface area contributed by atoms with Crippen molar-refractivity contribution in [2.24, 2.45) is 0 Å². The first-order valence-electron chi connectivity index (χ1n) is 7.64. The number of para-hydroxylation sites is 2. The van der Waals surface area contributed by atoms with Gasteiger partial charge < -0.3 is 5.32 Å². The Hall–Kier alpha value is -1.76. The first-order chi connectivity index (χ1) is 11.5. The van der Waals surface area contributed by atoms with Gasteiger partial charge in [-0.25, -0.2) is 4.98 Å². The Kier molecular flexibility index (Phi) is 5.28. The second-order valence-corrected chi connectivity index (χ2v) is 7.56. The molecule has 1 heterocycles. The highest BCUT2D eigenvalue weighted by Gasteiger charge is 2.18. The summed E-state index contributed by atoms with van der Waals surface area (Å²) in [5, 5.41) is 3.95. The lowest BCUT2D eigenvalue weighted by molar-refractivity contribution is -0.117. The summed E-state index contributed by atoms with van der Waals surface area (Å²) in [4.78, 5) is 19.0. The molecule has 0 bridgehead atoms. The molecule has 3 aromatic rings. The Bertz CT molecular complexity index is 831. The lowest BCUT2D eigenvalue weighted by Gasteiger charge is -2.22. The van der Waals surface area contributed by atoms with Gasteiger partial charge >= 0.3 is 0 Å². The van der Waals surface area contributed by atoms with Gasteiger partial charge in [0.1, 0.15) is 5.01 Å². The number of hydrogen-bond donors (Lipinski definition) is 1. The molecule has 4 nitrogen and oxygen atoms in total. The van der Waals surface area contributed by atoms with E-state index in [1.165, 1.54) is 4.70 Å². The minimum Gasteiger partial charge on any atom is -0.324 e. The summed E-state index contributed by atoms with van der Waals surface area (Å²) < 4.78 is 2.05. The maximum Gasteiger partial charge on any atom is 0.238 e. The Morgan fingerprint density at radius 1 is 1.25 bits per heavy atom. The van der Waals surface area contributed by atoms with Crippen molar-refractivity contribution < 1.29 is 4.79 Å². The molecule has 0 saturated heterocycles. The summed E-state index contributed by atoms with van der Waals surface area (Å²) in [6, 6.07) is 15.8. The van der Waals surface area contributed by atoms with Gasteiger partial charge in [-0.3, -0.25) is 9.69 Å². The number of likely N-dealkylation sites (N-methyl/N-ethyl adjacent to an activating group) is 1. The van der Waals surface area contributed by atoms with E-state index in [0.29, 0.717) is 6.54 Å². The zero-order valence-corrected chi connectivity index (χ0v) is 15.9. The van der Waals surface area contributed by atoms with Crippen LogP contribution in [0.1, 0.15) is 18.0 Å². The van der Waals surface area contributed by atoms with Crippen molar-refractivity contribution in [3.63, 3.8) is 0 Å². The average molecular weight is 404 g/mol. The van der Waals surface area contributed by atoms with E-state index >= 15 is 0 Å². The lowest BCUT2D eigenvalue weighted by atomic mass is 10.3. The van der Waals surface area contributed by atoms with Crippen LogP contribution >= 0.6 is 27.3 Å². The van der Waals surface area contributed by atoms with E-state index < -0.39 is 0 Å². The minimum atomic E-state index is -0.0441. The Morgan fingerprint density at radius 2 is 1.96 bits per heavy atom. The summed E-state index contributed by atoms with van der Waals surface area (Å²) in [5.41, 5.74) is 1.79. The van der Waals surface area contributed by atoms with E-state index in [2.05, 4.69) is 39.2 Å². The summed E-state index contributed by atoms with van der Waals surface area (Å²) >= 11 is 5.11. The molecular formula is C18H18BrN3OS. The molecule has 2 aromatic carbocycles. The molecule has 1 amide bonds. The normalized spacial score (nSPS) is 12.5. The highest BCUT2D eigenvalue weighted by atomic mass is 79.9.